The average molecular weight is 450 g/mol. The van der Waals surface area contributed by atoms with Crippen LogP contribution < -0.4 is 29.6 Å². The maximum absolute atomic E-state index is 12.9. The van der Waals surface area contributed by atoms with Gasteiger partial charge in [0.15, 0.2) is 10.1 Å². The monoisotopic (exact) mass is 450 g/mol. The molecule has 0 aliphatic heterocycles. The number of halogens is 13. The second kappa shape index (κ2) is 7.51. The Hall–Kier alpha value is -0.460. The fourth-order valence-corrected chi connectivity index (χ4v) is 1.38. The molecule has 26 heavy (non-hydrogen) atoms. The van der Waals surface area contributed by atoms with E-state index in [4.69, 9.17) is 0 Å². The Morgan fingerprint density at radius 3 is 1.35 bits per heavy atom. The fraction of sp³-hybridized carbons (Fsp3) is 0.714. The van der Waals surface area contributed by atoms with Crippen molar-refractivity contribution in [3.05, 3.63) is 12.1 Å². The fourth-order valence-electron chi connectivity index (χ4n) is 0.935. The van der Waals surface area contributed by atoms with Crippen molar-refractivity contribution < 1.29 is 104 Å². The Labute approximate surface area is 156 Å². The molecule has 0 aliphatic rings. The predicted molar refractivity (Wildman–Crippen MR) is 45.9 cm³/mol. The van der Waals surface area contributed by atoms with E-state index in [0.717, 1.165) is 0 Å². The summed E-state index contributed by atoms with van der Waals surface area (Å²) >= 11 is 0. The number of rotatable bonds is 7. The largest absolute Gasteiger partial charge is 1.00 e. The Morgan fingerprint density at radius 1 is 0.731 bits per heavy atom. The van der Waals surface area contributed by atoms with Crippen LogP contribution in [-0.2, 0) is 14.9 Å². The summed E-state index contributed by atoms with van der Waals surface area (Å²) < 4.78 is 194. The molecular formula is C7F13NaO4S. The summed E-state index contributed by atoms with van der Waals surface area (Å²) in [6, 6.07) is -3.97. The van der Waals surface area contributed by atoms with Gasteiger partial charge < -0.3 is 9.29 Å². The molecule has 0 rings (SSSR count). The van der Waals surface area contributed by atoms with Crippen LogP contribution in [0, 0.1) is 0 Å². The molecule has 0 bridgehead atoms. The minimum absolute atomic E-state index is 0. The molecule has 0 atom stereocenters. The van der Waals surface area contributed by atoms with Gasteiger partial charge in [0, 0.05) is 0 Å². The molecule has 0 N–H and O–H groups in total. The summed E-state index contributed by atoms with van der Waals surface area (Å²) in [6.45, 7) is 0. The van der Waals surface area contributed by atoms with Crippen molar-refractivity contribution in [2.24, 2.45) is 0 Å². The molecule has 0 fully saturated rings. The maximum atomic E-state index is 12.9. The Morgan fingerprint density at radius 2 is 1.08 bits per heavy atom. The van der Waals surface area contributed by atoms with Gasteiger partial charge in [-0.2, -0.15) is 57.1 Å². The van der Waals surface area contributed by atoms with Crippen molar-refractivity contribution in [2.75, 3.05) is 0 Å². The zero-order valence-electron chi connectivity index (χ0n) is 11.5. The number of alkyl halides is 10. The van der Waals surface area contributed by atoms with Crippen molar-refractivity contribution in [3.8, 4) is 0 Å². The molecule has 150 valence electrons. The van der Waals surface area contributed by atoms with Gasteiger partial charge in [-0.15, -0.1) is 0 Å². The molecule has 0 aromatic carbocycles. The van der Waals surface area contributed by atoms with E-state index in [1.165, 1.54) is 0 Å². The van der Waals surface area contributed by atoms with Gasteiger partial charge in [0.25, 0.3) is 0 Å². The minimum Gasteiger partial charge on any atom is -0.743 e. The second-order valence-corrected chi connectivity index (χ2v) is 5.27. The molecular weight excluding hydrogens is 450 g/mol. The van der Waals surface area contributed by atoms with Crippen molar-refractivity contribution in [3.63, 3.8) is 0 Å². The molecule has 0 saturated carbocycles. The third-order valence-electron chi connectivity index (χ3n) is 2.20. The molecule has 0 amide bonds. The Kier molecular flexibility index (Phi) is 8.02. The van der Waals surface area contributed by atoms with E-state index >= 15 is 0 Å². The maximum Gasteiger partial charge on any atom is 1.00 e. The van der Waals surface area contributed by atoms with E-state index in [9.17, 15) is 70.0 Å². The Bertz CT molecular complexity index is 653. The normalized spacial score (nSPS) is 14.5. The molecule has 0 heterocycles. The summed E-state index contributed by atoms with van der Waals surface area (Å²) in [4.78, 5) is 0. The van der Waals surface area contributed by atoms with Crippen LogP contribution in [0.15, 0.2) is 12.1 Å². The minimum atomic E-state index is -8.11. The number of hydrogen-bond donors (Lipinski definition) is 0. The third-order valence-corrected chi connectivity index (χ3v) is 3.08. The van der Waals surface area contributed by atoms with E-state index in [0.29, 0.717) is 0 Å². The molecule has 0 aromatic rings. The molecule has 19 heteroatoms. The van der Waals surface area contributed by atoms with E-state index in [1.54, 1.807) is 4.74 Å². The van der Waals surface area contributed by atoms with Crippen LogP contribution >= 0.6 is 0 Å². The number of ether oxygens (including phenoxy) is 1. The first-order valence-corrected chi connectivity index (χ1v) is 6.23. The topological polar surface area (TPSA) is 66.4 Å². The summed E-state index contributed by atoms with van der Waals surface area (Å²) in [5.74, 6) is -24.0. The van der Waals surface area contributed by atoms with Gasteiger partial charge in [-0.05, 0) is 0 Å². The second-order valence-electron chi connectivity index (χ2n) is 3.85. The smallest absolute Gasteiger partial charge is 0.743 e. The SMILES string of the molecule is O=S(=O)([O-])C(F)(F)C(F)(F)C(F)(F)C(F)(F)C(F)(F)OC(F)=C(F)F.[Na+]. The van der Waals surface area contributed by atoms with Gasteiger partial charge in [-0.1, -0.05) is 0 Å². The van der Waals surface area contributed by atoms with Gasteiger partial charge >= 0.3 is 70.8 Å². The van der Waals surface area contributed by atoms with E-state index in [1.807, 2.05) is 0 Å². The molecule has 0 unspecified atom stereocenters. The summed E-state index contributed by atoms with van der Waals surface area (Å²) in [5.41, 5.74) is 0. The molecule has 0 radical (unpaired) electrons. The van der Waals surface area contributed by atoms with Gasteiger partial charge in [-0.3, -0.25) is 0 Å². The first-order chi connectivity index (χ1) is 10.6. The van der Waals surface area contributed by atoms with Crippen LogP contribution in [0.25, 0.3) is 0 Å². The quantitative estimate of drug-likeness (QED) is 0.248. The van der Waals surface area contributed by atoms with Crippen molar-refractivity contribution >= 4 is 10.1 Å². The zero-order chi connectivity index (χ0) is 20.9. The van der Waals surface area contributed by atoms with Crippen LogP contribution in [0.2, 0.25) is 0 Å². The first-order valence-electron chi connectivity index (χ1n) is 4.82. The van der Waals surface area contributed by atoms with Crippen molar-refractivity contribution in [2.45, 2.75) is 29.1 Å². The van der Waals surface area contributed by atoms with Gasteiger partial charge in [0.1, 0.15) is 0 Å². The zero-order valence-corrected chi connectivity index (χ0v) is 14.3. The van der Waals surface area contributed by atoms with Crippen LogP contribution in [0.5, 0.6) is 0 Å². The van der Waals surface area contributed by atoms with Crippen LogP contribution in [0.1, 0.15) is 0 Å². The van der Waals surface area contributed by atoms with Crippen molar-refractivity contribution in [1.29, 1.82) is 0 Å². The standard InChI is InChI=1S/C7HF13O4S.Na/c8-1(9)2(10)24-6(17,18)4(13,14)3(11,12)5(15,16)7(19,20)25(21,22)23;/h(H,21,22,23);/q;+1/p-1. The van der Waals surface area contributed by atoms with Crippen LogP contribution in [0.3, 0.4) is 0 Å². The Balaban J connectivity index is 0. The molecule has 0 spiro atoms. The van der Waals surface area contributed by atoms with Gasteiger partial charge in [-0.25, -0.2) is 8.42 Å². The predicted octanol–water partition coefficient (Wildman–Crippen LogP) is 0.679. The summed E-state index contributed by atoms with van der Waals surface area (Å²) in [7, 11) is -7.82. The molecule has 4 nitrogen and oxygen atoms in total. The molecule has 0 saturated heterocycles. The van der Waals surface area contributed by atoms with E-state index in [-0.39, 0.29) is 29.6 Å². The molecule has 0 aliphatic carbocycles. The van der Waals surface area contributed by atoms with Crippen LogP contribution in [0.4, 0.5) is 57.1 Å². The van der Waals surface area contributed by atoms with Crippen LogP contribution in [-0.4, -0.2) is 42.1 Å². The van der Waals surface area contributed by atoms with Gasteiger partial charge in [0.2, 0.25) is 0 Å². The first kappa shape index (κ1) is 27.8. The summed E-state index contributed by atoms with van der Waals surface area (Å²) in [6.07, 6.45) is -11.3. The van der Waals surface area contributed by atoms with E-state index < -0.39 is 51.3 Å². The van der Waals surface area contributed by atoms with Gasteiger partial charge in [0.05, 0.1) is 0 Å². The average Bonchev–Trinajstić information content (AvgIpc) is 2.35. The van der Waals surface area contributed by atoms with Crippen molar-refractivity contribution in [1.82, 2.24) is 0 Å². The third kappa shape index (κ3) is 4.17. The summed E-state index contributed by atoms with van der Waals surface area (Å²) in [5, 5.41) is -7.57. The number of hydrogen-bond acceptors (Lipinski definition) is 4. The van der Waals surface area contributed by atoms with E-state index in [2.05, 4.69) is 0 Å². The molecule has 0 aromatic heterocycles.